The largest absolute Gasteiger partial charge is 0.345 e. The van der Waals surface area contributed by atoms with Crippen molar-refractivity contribution in [3.05, 3.63) is 78.4 Å². The van der Waals surface area contributed by atoms with E-state index in [0.29, 0.717) is 5.69 Å². The van der Waals surface area contributed by atoms with Gasteiger partial charge in [-0.15, -0.1) is 0 Å². The molecule has 0 atom stereocenters. The molecule has 0 unspecified atom stereocenters. The van der Waals surface area contributed by atoms with Crippen LogP contribution in [0.3, 0.4) is 0 Å². The van der Waals surface area contributed by atoms with Crippen LogP contribution in [0.25, 0.3) is 10.8 Å². The maximum Gasteiger partial charge on any atom is 0.313 e. The minimum absolute atomic E-state index is 0.0388. The molecule has 1 heterocycles. The molecule has 2 N–H and O–H groups in total. The Labute approximate surface area is 170 Å². The first-order chi connectivity index (χ1) is 14.2. The maximum atomic E-state index is 12.3. The van der Waals surface area contributed by atoms with Gasteiger partial charge in [0.2, 0.25) is 0 Å². The Morgan fingerprint density at radius 1 is 0.828 bits per heavy atom. The van der Waals surface area contributed by atoms with Crippen molar-refractivity contribution in [2.24, 2.45) is 0 Å². The molecule has 0 aromatic heterocycles. The van der Waals surface area contributed by atoms with Gasteiger partial charge < -0.3 is 10.6 Å². The number of amides is 2. The molecule has 2 amide bonds. The highest BCUT2D eigenvalue weighted by Gasteiger charge is 2.23. The molecule has 1 aliphatic heterocycles. The third-order valence-corrected chi connectivity index (χ3v) is 5.39. The smallest absolute Gasteiger partial charge is 0.313 e. The van der Waals surface area contributed by atoms with Gasteiger partial charge in [0.15, 0.2) is 0 Å². The van der Waals surface area contributed by atoms with Crippen LogP contribution in [0.4, 0.5) is 5.69 Å². The van der Waals surface area contributed by atoms with E-state index in [2.05, 4.69) is 39.8 Å². The Kier molecular flexibility index (Phi) is 5.86. The van der Waals surface area contributed by atoms with Gasteiger partial charge in [0.25, 0.3) is 0 Å². The number of carbonyl (C=O) groups excluding carboxylic acids is 2. The van der Waals surface area contributed by atoms with E-state index in [9.17, 15) is 9.59 Å². The average Bonchev–Trinajstić information content (AvgIpc) is 2.76. The number of rotatable bonds is 4. The van der Waals surface area contributed by atoms with Crippen molar-refractivity contribution in [1.82, 2.24) is 10.2 Å². The average molecular weight is 387 g/mol. The van der Waals surface area contributed by atoms with Crippen LogP contribution in [-0.2, 0) is 16.1 Å². The summed E-state index contributed by atoms with van der Waals surface area (Å²) in [6, 6.07) is 24.0. The van der Waals surface area contributed by atoms with Crippen LogP contribution in [0.1, 0.15) is 18.4 Å². The van der Waals surface area contributed by atoms with Crippen LogP contribution in [0, 0.1) is 0 Å². The van der Waals surface area contributed by atoms with Crippen molar-refractivity contribution in [1.29, 1.82) is 0 Å². The summed E-state index contributed by atoms with van der Waals surface area (Å²) in [6.45, 7) is 2.74. The quantitative estimate of drug-likeness (QED) is 0.673. The third kappa shape index (κ3) is 5.00. The van der Waals surface area contributed by atoms with Gasteiger partial charge in [-0.05, 0) is 41.3 Å². The molecule has 29 heavy (non-hydrogen) atoms. The van der Waals surface area contributed by atoms with Crippen LogP contribution < -0.4 is 10.6 Å². The number of fused-ring (bicyclic) bond motifs is 1. The summed E-state index contributed by atoms with van der Waals surface area (Å²) in [7, 11) is 0. The summed E-state index contributed by atoms with van der Waals surface area (Å²) in [5, 5.41) is 7.71. The molecule has 148 valence electrons. The zero-order valence-corrected chi connectivity index (χ0v) is 16.3. The summed E-state index contributed by atoms with van der Waals surface area (Å²) >= 11 is 0. The minimum Gasteiger partial charge on any atom is -0.345 e. The lowest BCUT2D eigenvalue weighted by atomic mass is 10.0. The Balaban J connectivity index is 1.26. The normalized spacial score (nSPS) is 15.2. The Hall–Kier alpha value is -3.18. The summed E-state index contributed by atoms with van der Waals surface area (Å²) in [5.41, 5.74) is 1.92. The molecular weight excluding hydrogens is 362 g/mol. The molecule has 0 aliphatic carbocycles. The highest BCUT2D eigenvalue weighted by Crippen LogP contribution is 2.19. The lowest BCUT2D eigenvalue weighted by Crippen LogP contribution is -2.47. The van der Waals surface area contributed by atoms with Crippen LogP contribution in [0.5, 0.6) is 0 Å². The Morgan fingerprint density at radius 2 is 1.52 bits per heavy atom. The summed E-state index contributed by atoms with van der Waals surface area (Å²) in [6.07, 6.45) is 1.70. The van der Waals surface area contributed by atoms with Gasteiger partial charge in [0.1, 0.15) is 0 Å². The molecule has 4 rings (SSSR count). The number of likely N-dealkylation sites (tertiary alicyclic amines) is 1. The monoisotopic (exact) mass is 387 g/mol. The number of nitrogens with zero attached hydrogens (tertiary/aromatic N) is 1. The van der Waals surface area contributed by atoms with Gasteiger partial charge in [-0.25, -0.2) is 0 Å². The summed E-state index contributed by atoms with van der Waals surface area (Å²) in [5.74, 6) is -1.19. The molecule has 3 aromatic carbocycles. The molecule has 3 aromatic rings. The van der Waals surface area contributed by atoms with E-state index in [-0.39, 0.29) is 6.04 Å². The molecule has 1 fully saturated rings. The minimum atomic E-state index is -0.619. The molecule has 0 bridgehead atoms. The fraction of sp³-hybridized carbons (Fsp3) is 0.250. The lowest BCUT2D eigenvalue weighted by molar-refractivity contribution is -0.136. The number of nitrogens with one attached hydrogen (secondary N) is 2. The summed E-state index contributed by atoms with van der Waals surface area (Å²) < 4.78 is 0. The second-order valence-corrected chi connectivity index (χ2v) is 7.53. The van der Waals surface area contributed by atoms with Gasteiger partial charge >= 0.3 is 11.8 Å². The van der Waals surface area contributed by atoms with E-state index in [4.69, 9.17) is 0 Å². The van der Waals surface area contributed by atoms with E-state index in [1.54, 1.807) is 0 Å². The van der Waals surface area contributed by atoms with E-state index in [1.165, 1.54) is 5.56 Å². The number of hydrogen-bond donors (Lipinski definition) is 2. The van der Waals surface area contributed by atoms with Crippen molar-refractivity contribution in [2.75, 3.05) is 18.4 Å². The first kappa shape index (κ1) is 19.2. The molecule has 0 radical (unpaired) electrons. The third-order valence-electron chi connectivity index (χ3n) is 5.39. The number of carbonyl (C=O) groups is 2. The van der Waals surface area contributed by atoms with Crippen LogP contribution in [0.2, 0.25) is 0 Å². The Morgan fingerprint density at radius 3 is 2.28 bits per heavy atom. The predicted octanol–water partition coefficient (Wildman–Crippen LogP) is 3.56. The second kappa shape index (κ2) is 8.88. The van der Waals surface area contributed by atoms with E-state index in [1.807, 2.05) is 48.5 Å². The fourth-order valence-corrected chi connectivity index (χ4v) is 3.78. The van der Waals surface area contributed by atoms with Gasteiger partial charge in [0, 0.05) is 31.4 Å². The first-order valence-electron chi connectivity index (χ1n) is 10.0. The second-order valence-electron chi connectivity index (χ2n) is 7.53. The molecule has 0 spiro atoms. The lowest BCUT2D eigenvalue weighted by Gasteiger charge is -2.32. The molecule has 5 nitrogen and oxygen atoms in total. The Bertz CT molecular complexity index is 995. The first-order valence-corrected chi connectivity index (χ1v) is 10.0. The maximum absolute atomic E-state index is 12.3. The number of piperidine rings is 1. The summed E-state index contributed by atoms with van der Waals surface area (Å²) in [4.78, 5) is 27.0. The van der Waals surface area contributed by atoms with Crippen molar-refractivity contribution in [3.63, 3.8) is 0 Å². The van der Waals surface area contributed by atoms with Gasteiger partial charge in [0.05, 0.1) is 0 Å². The number of anilines is 1. The fourth-order valence-electron chi connectivity index (χ4n) is 3.78. The van der Waals surface area contributed by atoms with E-state index >= 15 is 0 Å². The van der Waals surface area contributed by atoms with Crippen LogP contribution >= 0.6 is 0 Å². The molecule has 1 aliphatic rings. The molecular formula is C24H25N3O2. The molecule has 1 saturated heterocycles. The van der Waals surface area contributed by atoms with Crippen molar-refractivity contribution in [2.45, 2.75) is 25.4 Å². The van der Waals surface area contributed by atoms with E-state index < -0.39 is 11.8 Å². The SMILES string of the molecule is O=C(Nc1ccc2ccccc2c1)C(=O)NC1CCN(Cc2ccccc2)CC1. The van der Waals surface area contributed by atoms with Crippen molar-refractivity contribution < 1.29 is 9.59 Å². The molecule has 0 saturated carbocycles. The van der Waals surface area contributed by atoms with Crippen LogP contribution in [0.15, 0.2) is 72.8 Å². The number of hydrogen-bond acceptors (Lipinski definition) is 3. The highest BCUT2D eigenvalue weighted by molar-refractivity contribution is 6.39. The predicted molar refractivity (Wildman–Crippen MR) is 115 cm³/mol. The van der Waals surface area contributed by atoms with Gasteiger partial charge in [-0.3, -0.25) is 14.5 Å². The van der Waals surface area contributed by atoms with Gasteiger partial charge in [-0.2, -0.15) is 0 Å². The van der Waals surface area contributed by atoms with Crippen LogP contribution in [-0.4, -0.2) is 35.8 Å². The topological polar surface area (TPSA) is 61.4 Å². The highest BCUT2D eigenvalue weighted by atomic mass is 16.2. The van der Waals surface area contributed by atoms with Crippen molar-refractivity contribution in [3.8, 4) is 0 Å². The zero-order valence-electron chi connectivity index (χ0n) is 16.3. The van der Waals surface area contributed by atoms with Gasteiger partial charge in [-0.1, -0.05) is 60.7 Å². The standard InChI is InChI=1S/C24H25N3O2/c28-23(24(29)26-22-11-10-19-8-4-5-9-20(19)16-22)25-21-12-14-27(15-13-21)17-18-6-2-1-3-7-18/h1-11,16,21H,12-15,17H2,(H,25,28)(H,26,29). The zero-order chi connectivity index (χ0) is 20.1. The van der Waals surface area contributed by atoms with Crippen molar-refractivity contribution >= 4 is 28.3 Å². The number of benzene rings is 3. The molecule has 5 heteroatoms. The van der Waals surface area contributed by atoms with E-state index in [0.717, 1.165) is 43.2 Å².